The Hall–Kier alpha value is -4.37. The Labute approximate surface area is 222 Å². The van der Waals surface area contributed by atoms with E-state index in [1.165, 1.54) is 11.5 Å². The Morgan fingerprint density at radius 2 is 1.84 bits per heavy atom. The number of unbranched alkanes of at least 4 members (excludes halogenated alkanes) is 1. The molecule has 0 saturated carbocycles. The molecule has 5 rings (SSSR count). The lowest BCUT2D eigenvalue weighted by Crippen LogP contribution is -2.04. The number of carbonyl (C=O) groups is 2. The van der Waals surface area contributed by atoms with Gasteiger partial charge in [-0.2, -0.15) is 0 Å². The van der Waals surface area contributed by atoms with Crippen LogP contribution >= 0.6 is 11.3 Å². The highest BCUT2D eigenvalue weighted by Crippen LogP contribution is 2.45. The Balaban J connectivity index is 1.69. The van der Waals surface area contributed by atoms with E-state index in [1.54, 1.807) is 49.4 Å². The number of aromatic hydroxyl groups is 2. The third-order valence-electron chi connectivity index (χ3n) is 6.19. The van der Waals surface area contributed by atoms with Gasteiger partial charge in [-0.25, -0.2) is 4.98 Å². The quantitative estimate of drug-likeness (QED) is 0.161. The van der Waals surface area contributed by atoms with Crippen LogP contribution in [-0.2, 0) is 0 Å². The SMILES string of the molecule is CCCCOc1ccc(-c2c(C(=O)c3cc4ccccc4o3)c(O)c(O)n2-c2nc(C)c(C(C)=O)s2)cc1. The van der Waals surface area contributed by atoms with Crippen molar-refractivity contribution in [3.05, 3.63) is 76.5 Å². The zero-order valence-electron chi connectivity index (χ0n) is 21.1. The average molecular weight is 531 g/mol. The average Bonchev–Trinajstić information content (AvgIpc) is 3.58. The number of aryl methyl sites for hydroxylation is 1. The minimum absolute atomic E-state index is 0.0131. The van der Waals surface area contributed by atoms with E-state index in [-0.39, 0.29) is 27.9 Å². The minimum atomic E-state index is -0.606. The summed E-state index contributed by atoms with van der Waals surface area (Å²) in [4.78, 5) is 30.8. The van der Waals surface area contributed by atoms with Gasteiger partial charge in [0.25, 0.3) is 0 Å². The second kappa shape index (κ2) is 10.2. The van der Waals surface area contributed by atoms with Gasteiger partial charge in [-0.1, -0.05) is 42.9 Å². The number of ketones is 2. The van der Waals surface area contributed by atoms with Crippen LogP contribution in [0.25, 0.3) is 27.4 Å². The number of hydrogen-bond acceptors (Lipinski definition) is 8. The molecule has 2 N–H and O–H groups in total. The first-order valence-electron chi connectivity index (χ1n) is 12.2. The standard InChI is InChI=1S/C29H26N2O6S/c1-4-5-14-36-20-12-10-18(11-13-20)24-23(25(33)22-15-19-8-6-7-9-21(19)37-22)26(34)28(35)31(24)29-30-16(2)27(38-29)17(3)32/h6-13,15,34-35H,4-5,14H2,1-3H3. The van der Waals surface area contributed by atoms with Crippen LogP contribution in [0.3, 0.4) is 0 Å². The minimum Gasteiger partial charge on any atom is -0.503 e. The molecule has 0 radical (unpaired) electrons. The number of nitrogens with zero attached hydrogens (tertiary/aromatic N) is 2. The van der Waals surface area contributed by atoms with E-state index in [0.717, 1.165) is 29.6 Å². The second-order valence-corrected chi connectivity index (χ2v) is 9.88. The number of furan rings is 1. The lowest BCUT2D eigenvalue weighted by molar-refractivity contribution is 0.100. The highest BCUT2D eigenvalue weighted by Gasteiger charge is 2.33. The molecule has 0 atom stereocenters. The molecular formula is C29H26N2O6S. The van der Waals surface area contributed by atoms with Crippen molar-refractivity contribution in [3.63, 3.8) is 0 Å². The predicted octanol–water partition coefficient (Wildman–Crippen LogP) is 6.68. The first-order valence-corrected chi connectivity index (χ1v) is 13.0. The molecule has 38 heavy (non-hydrogen) atoms. The molecular weight excluding hydrogens is 504 g/mol. The molecule has 0 aliphatic carbocycles. The smallest absolute Gasteiger partial charge is 0.242 e. The number of rotatable bonds is 9. The molecule has 0 bridgehead atoms. The molecule has 5 aromatic rings. The van der Waals surface area contributed by atoms with Crippen molar-refractivity contribution in [1.82, 2.24) is 9.55 Å². The van der Waals surface area contributed by atoms with E-state index in [9.17, 15) is 19.8 Å². The molecule has 3 aromatic heterocycles. The van der Waals surface area contributed by atoms with Gasteiger partial charge in [-0.3, -0.25) is 14.2 Å². The number of ether oxygens (including phenoxy) is 1. The normalized spacial score (nSPS) is 11.2. The van der Waals surface area contributed by atoms with Crippen LogP contribution in [0, 0.1) is 6.92 Å². The molecule has 194 valence electrons. The van der Waals surface area contributed by atoms with Crippen molar-refractivity contribution in [3.8, 4) is 33.8 Å². The number of hydrogen-bond donors (Lipinski definition) is 2. The van der Waals surface area contributed by atoms with Crippen LogP contribution in [0.4, 0.5) is 0 Å². The highest BCUT2D eigenvalue weighted by molar-refractivity contribution is 7.16. The Bertz CT molecular complexity index is 1630. The summed E-state index contributed by atoms with van der Waals surface area (Å²) in [6, 6.07) is 15.8. The molecule has 0 unspecified atom stereocenters. The first-order chi connectivity index (χ1) is 18.3. The second-order valence-electron chi connectivity index (χ2n) is 8.90. The Morgan fingerprint density at radius 3 is 2.50 bits per heavy atom. The van der Waals surface area contributed by atoms with E-state index in [4.69, 9.17) is 9.15 Å². The monoisotopic (exact) mass is 530 g/mol. The predicted molar refractivity (Wildman–Crippen MR) is 145 cm³/mol. The van der Waals surface area contributed by atoms with Gasteiger partial charge in [0.15, 0.2) is 22.4 Å². The summed E-state index contributed by atoms with van der Waals surface area (Å²) in [6.45, 7) is 5.79. The molecule has 9 heteroatoms. The molecule has 0 amide bonds. The molecule has 3 heterocycles. The van der Waals surface area contributed by atoms with Crippen LogP contribution in [-0.4, -0.2) is 37.9 Å². The summed E-state index contributed by atoms with van der Waals surface area (Å²) in [5, 5.41) is 23.1. The van der Waals surface area contributed by atoms with Crippen molar-refractivity contribution in [2.45, 2.75) is 33.6 Å². The van der Waals surface area contributed by atoms with Crippen molar-refractivity contribution >= 4 is 33.9 Å². The van der Waals surface area contributed by atoms with Crippen LogP contribution < -0.4 is 4.74 Å². The van der Waals surface area contributed by atoms with Crippen molar-refractivity contribution in [2.24, 2.45) is 0 Å². The topological polar surface area (TPSA) is 115 Å². The van der Waals surface area contributed by atoms with Gasteiger partial charge in [-0.15, -0.1) is 0 Å². The van der Waals surface area contributed by atoms with E-state index in [1.807, 2.05) is 12.1 Å². The zero-order valence-corrected chi connectivity index (χ0v) is 22.0. The molecule has 0 saturated heterocycles. The molecule has 0 spiro atoms. The van der Waals surface area contributed by atoms with Gasteiger partial charge in [-0.05, 0) is 55.3 Å². The number of fused-ring (bicyclic) bond motifs is 1. The lowest BCUT2D eigenvalue weighted by Gasteiger charge is -2.10. The molecule has 0 aliphatic heterocycles. The van der Waals surface area contributed by atoms with Crippen molar-refractivity contribution < 1.29 is 29.0 Å². The summed E-state index contributed by atoms with van der Waals surface area (Å²) in [7, 11) is 0. The van der Waals surface area contributed by atoms with Crippen molar-refractivity contribution in [2.75, 3.05) is 6.61 Å². The molecule has 0 fully saturated rings. The third kappa shape index (κ3) is 4.45. The van der Waals surface area contributed by atoms with E-state index >= 15 is 0 Å². The Morgan fingerprint density at radius 1 is 1.11 bits per heavy atom. The number of thiazole rings is 1. The van der Waals surface area contributed by atoms with Crippen molar-refractivity contribution in [1.29, 1.82) is 0 Å². The summed E-state index contributed by atoms with van der Waals surface area (Å²) >= 11 is 1.07. The summed E-state index contributed by atoms with van der Waals surface area (Å²) in [5.74, 6) is -1.28. The molecule has 8 nitrogen and oxygen atoms in total. The van der Waals surface area contributed by atoms with E-state index < -0.39 is 17.4 Å². The fourth-order valence-electron chi connectivity index (χ4n) is 4.29. The van der Waals surface area contributed by atoms with Gasteiger partial charge in [0, 0.05) is 12.3 Å². The summed E-state index contributed by atoms with van der Waals surface area (Å²) in [6.07, 6.45) is 1.93. The fourth-order valence-corrected chi connectivity index (χ4v) is 5.26. The number of aromatic nitrogens is 2. The Kier molecular flexibility index (Phi) is 6.77. The maximum absolute atomic E-state index is 13.8. The van der Waals surface area contributed by atoms with Crippen LogP contribution in [0.1, 0.15) is 58.2 Å². The zero-order chi connectivity index (χ0) is 27.0. The maximum Gasteiger partial charge on any atom is 0.242 e. The third-order valence-corrected chi connectivity index (χ3v) is 7.43. The van der Waals surface area contributed by atoms with Crippen LogP contribution in [0.2, 0.25) is 0 Å². The van der Waals surface area contributed by atoms with Gasteiger partial charge in [0.05, 0.1) is 28.4 Å². The molecule has 0 aliphatic rings. The maximum atomic E-state index is 13.8. The number of carbonyl (C=O) groups excluding carboxylic acids is 2. The van der Waals surface area contributed by atoms with Crippen LogP contribution in [0.15, 0.2) is 59.0 Å². The fraction of sp³-hybridized carbons (Fsp3) is 0.207. The lowest BCUT2D eigenvalue weighted by atomic mass is 10.0. The highest BCUT2D eigenvalue weighted by atomic mass is 32.1. The van der Waals surface area contributed by atoms with Gasteiger partial charge in [0.2, 0.25) is 11.7 Å². The molecule has 2 aromatic carbocycles. The summed E-state index contributed by atoms with van der Waals surface area (Å²) < 4.78 is 12.9. The summed E-state index contributed by atoms with van der Waals surface area (Å²) in [5.41, 5.74) is 1.62. The number of para-hydroxylation sites is 1. The largest absolute Gasteiger partial charge is 0.503 e. The van der Waals surface area contributed by atoms with Crippen LogP contribution in [0.5, 0.6) is 17.4 Å². The van der Waals surface area contributed by atoms with Gasteiger partial charge >= 0.3 is 0 Å². The van der Waals surface area contributed by atoms with E-state index in [0.29, 0.717) is 34.1 Å². The van der Waals surface area contributed by atoms with Gasteiger partial charge in [0.1, 0.15) is 11.3 Å². The number of benzene rings is 2. The first kappa shape index (κ1) is 25.3. The van der Waals surface area contributed by atoms with E-state index in [2.05, 4.69) is 11.9 Å². The number of Topliss-reactive ketones (excluding diaryl/α,β-unsaturated/α-hetero) is 1. The van der Waals surface area contributed by atoms with Gasteiger partial charge < -0.3 is 19.4 Å².